The predicted molar refractivity (Wildman–Crippen MR) is 91.8 cm³/mol. The highest BCUT2D eigenvalue weighted by Crippen LogP contribution is 2.27. The fraction of sp³-hybridized carbons (Fsp3) is 0.579. The van der Waals surface area contributed by atoms with Gasteiger partial charge in [-0.15, -0.1) is 0 Å². The van der Waals surface area contributed by atoms with Crippen LogP contribution in [0, 0.1) is 22.7 Å². The number of nitrogens with one attached hydrogen (secondary N) is 1. The first-order valence-electron chi connectivity index (χ1n) is 7.99. The molecule has 0 bridgehead atoms. The molecule has 0 aromatic heterocycles. The van der Waals surface area contributed by atoms with E-state index in [-0.39, 0.29) is 11.8 Å². The van der Waals surface area contributed by atoms with Crippen LogP contribution >= 0.6 is 0 Å². The van der Waals surface area contributed by atoms with Crippen molar-refractivity contribution in [3.05, 3.63) is 35.4 Å². The molecule has 0 saturated carbocycles. The number of hydrogen-bond donors (Lipinski definition) is 2. The van der Waals surface area contributed by atoms with Crippen LogP contribution < -0.4 is 5.32 Å². The van der Waals surface area contributed by atoms with Gasteiger partial charge in [-0.3, -0.25) is 4.79 Å². The van der Waals surface area contributed by atoms with Crippen molar-refractivity contribution in [2.24, 2.45) is 11.3 Å². The molecule has 0 aliphatic heterocycles. The summed E-state index contributed by atoms with van der Waals surface area (Å²) in [5.74, 6) is 0.0128. The van der Waals surface area contributed by atoms with Crippen molar-refractivity contribution in [3.63, 3.8) is 0 Å². The molecule has 1 atom stereocenters. The van der Waals surface area contributed by atoms with Gasteiger partial charge in [0.25, 0.3) is 0 Å². The van der Waals surface area contributed by atoms with E-state index in [0.717, 1.165) is 5.56 Å². The second-order valence-corrected chi connectivity index (χ2v) is 7.68. The number of carbonyl (C=O) groups is 1. The van der Waals surface area contributed by atoms with E-state index in [1.807, 2.05) is 47.6 Å². The van der Waals surface area contributed by atoms with Gasteiger partial charge in [-0.25, -0.2) is 0 Å². The highest BCUT2D eigenvalue weighted by Gasteiger charge is 2.34. The second kappa shape index (κ2) is 7.14. The van der Waals surface area contributed by atoms with Crippen LogP contribution in [0.4, 0.5) is 0 Å². The van der Waals surface area contributed by atoms with Gasteiger partial charge in [-0.05, 0) is 37.5 Å². The molecule has 2 N–H and O–H groups in total. The number of aliphatic hydroxyl groups is 1. The summed E-state index contributed by atoms with van der Waals surface area (Å²) < 4.78 is 0. The van der Waals surface area contributed by atoms with Crippen LogP contribution in [0.25, 0.3) is 0 Å². The minimum absolute atomic E-state index is 0.114. The zero-order chi connectivity index (χ0) is 17.8. The Morgan fingerprint density at radius 1 is 1.30 bits per heavy atom. The lowest BCUT2D eigenvalue weighted by atomic mass is 9.79. The largest absolute Gasteiger partial charge is 0.392 e. The molecule has 4 nitrogen and oxygen atoms in total. The van der Waals surface area contributed by atoms with Gasteiger partial charge in [0.05, 0.1) is 23.2 Å². The molecule has 0 aliphatic carbocycles. The first-order valence-corrected chi connectivity index (χ1v) is 7.99. The molecule has 1 aromatic rings. The number of nitriles is 1. The molecule has 1 aromatic carbocycles. The van der Waals surface area contributed by atoms with Crippen molar-refractivity contribution in [2.75, 3.05) is 6.54 Å². The van der Waals surface area contributed by atoms with Crippen LogP contribution in [0.5, 0.6) is 0 Å². The van der Waals surface area contributed by atoms with E-state index < -0.39 is 16.9 Å². The molecule has 1 rings (SSSR count). The normalized spacial score (nSPS) is 13.5. The van der Waals surface area contributed by atoms with E-state index in [1.54, 1.807) is 18.2 Å². The lowest BCUT2D eigenvalue weighted by molar-refractivity contribution is -0.126. The number of aliphatic hydroxyl groups excluding tert-OH is 1. The van der Waals surface area contributed by atoms with Crippen LogP contribution in [0.15, 0.2) is 24.3 Å². The van der Waals surface area contributed by atoms with E-state index >= 15 is 0 Å². The maximum absolute atomic E-state index is 12.6. The smallest absolute Gasteiger partial charge is 0.230 e. The molecule has 0 radical (unpaired) electrons. The minimum atomic E-state index is -0.744. The molecule has 1 amide bonds. The van der Waals surface area contributed by atoms with E-state index in [1.165, 1.54) is 0 Å². The molecule has 126 valence electrons. The Labute approximate surface area is 139 Å². The van der Waals surface area contributed by atoms with Crippen molar-refractivity contribution < 1.29 is 9.90 Å². The highest BCUT2D eigenvalue weighted by atomic mass is 16.3. The third-order valence-corrected chi connectivity index (χ3v) is 4.42. The third kappa shape index (κ3) is 4.56. The molecule has 0 heterocycles. The Morgan fingerprint density at radius 2 is 1.91 bits per heavy atom. The van der Waals surface area contributed by atoms with E-state index in [4.69, 9.17) is 5.26 Å². The monoisotopic (exact) mass is 316 g/mol. The summed E-state index contributed by atoms with van der Waals surface area (Å²) in [5.41, 5.74) is 0.190. The summed E-state index contributed by atoms with van der Waals surface area (Å²) in [6.07, 6.45) is -0.493. The number of carbonyl (C=O) groups excluding carboxylic acids is 1. The summed E-state index contributed by atoms with van der Waals surface area (Å²) in [6, 6.07) is 9.21. The zero-order valence-corrected chi connectivity index (χ0v) is 15.0. The van der Waals surface area contributed by atoms with Crippen LogP contribution in [-0.4, -0.2) is 23.7 Å². The summed E-state index contributed by atoms with van der Waals surface area (Å²) >= 11 is 0. The Bertz CT molecular complexity index is 598. The van der Waals surface area contributed by atoms with Gasteiger partial charge >= 0.3 is 0 Å². The zero-order valence-electron chi connectivity index (χ0n) is 15.0. The van der Waals surface area contributed by atoms with Gasteiger partial charge in [0.2, 0.25) is 5.91 Å². The average Bonchev–Trinajstić information content (AvgIpc) is 2.51. The quantitative estimate of drug-likeness (QED) is 0.847. The molecule has 0 fully saturated rings. The maximum Gasteiger partial charge on any atom is 0.230 e. The number of benzene rings is 1. The van der Waals surface area contributed by atoms with Crippen molar-refractivity contribution in [1.29, 1.82) is 5.26 Å². The van der Waals surface area contributed by atoms with E-state index in [9.17, 15) is 9.90 Å². The lowest BCUT2D eigenvalue weighted by Gasteiger charge is -2.34. The molecule has 0 saturated heterocycles. The fourth-order valence-electron chi connectivity index (χ4n) is 2.64. The van der Waals surface area contributed by atoms with Gasteiger partial charge in [-0.1, -0.05) is 39.8 Å². The van der Waals surface area contributed by atoms with Gasteiger partial charge in [-0.2, -0.15) is 5.26 Å². The van der Waals surface area contributed by atoms with Crippen LogP contribution in [0.1, 0.15) is 52.7 Å². The van der Waals surface area contributed by atoms with E-state index in [2.05, 4.69) is 11.4 Å². The standard InChI is InChI=1S/C19H28N2O2/c1-13(2)16(22)18(3,4)12-21-17(23)19(5,6)15-9-7-8-14(10-15)11-20/h7-10,13,16,22H,12H2,1-6H3,(H,21,23). The SMILES string of the molecule is CC(C)C(O)C(C)(C)CNC(=O)C(C)(C)c1cccc(C#N)c1. The summed E-state index contributed by atoms with van der Waals surface area (Å²) in [5, 5.41) is 22.2. The second-order valence-electron chi connectivity index (χ2n) is 7.68. The lowest BCUT2D eigenvalue weighted by Crippen LogP contribution is -2.48. The van der Waals surface area contributed by atoms with Gasteiger partial charge < -0.3 is 10.4 Å². The summed E-state index contributed by atoms with van der Waals surface area (Å²) in [6.45, 7) is 11.9. The summed E-state index contributed by atoms with van der Waals surface area (Å²) in [4.78, 5) is 12.6. The molecule has 4 heteroatoms. The number of rotatable bonds is 6. The topological polar surface area (TPSA) is 73.1 Å². The van der Waals surface area contributed by atoms with Crippen molar-refractivity contribution >= 4 is 5.91 Å². The van der Waals surface area contributed by atoms with Crippen molar-refractivity contribution in [3.8, 4) is 6.07 Å². The van der Waals surface area contributed by atoms with Gasteiger partial charge in [0.15, 0.2) is 0 Å². The van der Waals surface area contributed by atoms with E-state index in [0.29, 0.717) is 12.1 Å². The van der Waals surface area contributed by atoms with Gasteiger partial charge in [0, 0.05) is 12.0 Å². The van der Waals surface area contributed by atoms with Gasteiger partial charge in [0.1, 0.15) is 0 Å². The fourth-order valence-corrected chi connectivity index (χ4v) is 2.64. The average molecular weight is 316 g/mol. The molecule has 0 spiro atoms. The first-order chi connectivity index (χ1) is 10.5. The van der Waals surface area contributed by atoms with Crippen LogP contribution in [-0.2, 0) is 10.2 Å². The maximum atomic E-state index is 12.6. The molecule has 23 heavy (non-hydrogen) atoms. The molecule has 0 aliphatic rings. The molecule has 1 unspecified atom stereocenters. The Balaban J connectivity index is 2.86. The van der Waals surface area contributed by atoms with Crippen molar-refractivity contribution in [1.82, 2.24) is 5.32 Å². The predicted octanol–water partition coefficient (Wildman–Crippen LogP) is 3.00. The molecular weight excluding hydrogens is 288 g/mol. The number of amides is 1. The Kier molecular flexibility index (Phi) is 5.96. The van der Waals surface area contributed by atoms with Crippen LogP contribution in [0.2, 0.25) is 0 Å². The first kappa shape index (κ1) is 19.2. The summed E-state index contributed by atoms with van der Waals surface area (Å²) in [7, 11) is 0. The number of hydrogen-bond acceptors (Lipinski definition) is 3. The van der Waals surface area contributed by atoms with Crippen LogP contribution in [0.3, 0.4) is 0 Å². The molecular formula is C19H28N2O2. The third-order valence-electron chi connectivity index (χ3n) is 4.42. The Hall–Kier alpha value is -1.86. The highest BCUT2D eigenvalue weighted by molar-refractivity contribution is 5.87. The minimum Gasteiger partial charge on any atom is -0.392 e. The number of nitrogens with zero attached hydrogens (tertiary/aromatic N) is 1. The van der Waals surface area contributed by atoms with Crippen molar-refractivity contribution in [2.45, 2.75) is 53.1 Å². The Morgan fingerprint density at radius 3 is 2.43 bits per heavy atom.